The van der Waals surface area contributed by atoms with E-state index < -0.39 is 10.0 Å². The molecule has 0 atom stereocenters. The molecule has 0 bridgehead atoms. The second kappa shape index (κ2) is 5.33. The van der Waals surface area contributed by atoms with E-state index in [9.17, 15) is 8.42 Å². The van der Waals surface area contributed by atoms with Gasteiger partial charge in [-0.25, -0.2) is 0 Å². The van der Waals surface area contributed by atoms with Gasteiger partial charge >= 0.3 is 131 Å². The van der Waals surface area contributed by atoms with Gasteiger partial charge in [-0.2, -0.15) is 0 Å². The molecule has 5 heteroatoms. The van der Waals surface area contributed by atoms with Crippen LogP contribution in [-0.4, -0.2) is 34.7 Å². The fourth-order valence-electron chi connectivity index (χ4n) is 2.16. The summed E-state index contributed by atoms with van der Waals surface area (Å²) in [5.74, 6) is 0. The molecule has 0 saturated heterocycles. The molecule has 3 rings (SSSR count). The molecule has 0 N–H and O–H groups in total. The Balaban J connectivity index is 2.13. The van der Waals surface area contributed by atoms with Crippen LogP contribution in [-0.2, 0) is 10.0 Å². The van der Waals surface area contributed by atoms with Gasteiger partial charge in [-0.05, 0) is 0 Å². The summed E-state index contributed by atoms with van der Waals surface area (Å²) in [6, 6.07) is 15.4. The predicted octanol–water partition coefficient (Wildman–Crippen LogP) is 1.96. The summed E-state index contributed by atoms with van der Waals surface area (Å²) in [5.41, 5.74) is 2.11. The van der Waals surface area contributed by atoms with E-state index in [-0.39, 0.29) is 15.0 Å². The van der Waals surface area contributed by atoms with Crippen LogP contribution in [0.1, 0.15) is 11.1 Å². The zero-order chi connectivity index (χ0) is 15.0. The summed E-state index contributed by atoms with van der Waals surface area (Å²) in [6.45, 7) is 1.99. The Morgan fingerprint density at radius 3 is 2.52 bits per heavy atom. The SMILES string of the molecule is Cc1ccc2c(c1)[Se]/C(=C\c1ccccc1)N(C)S2(=O)=O. The van der Waals surface area contributed by atoms with Crippen molar-refractivity contribution in [2.75, 3.05) is 7.05 Å². The quantitative estimate of drug-likeness (QED) is 0.726. The molecule has 1 aliphatic rings. The summed E-state index contributed by atoms with van der Waals surface area (Å²) in [6.07, 6.45) is 1.96. The molecule has 0 radical (unpaired) electrons. The van der Waals surface area contributed by atoms with Gasteiger partial charge in [0.1, 0.15) is 0 Å². The molecule has 0 aliphatic carbocycles. The number of nitrogens with zero attached hydrogens (tertiary/aromatic N) is 1. The van der Waals surface area contributed by atoms with E-state index in [0.29, 0.717) is 4.90 Å². The molecule has 108 valence electrons. The summed E-state index contributed by atoms with van der Waals surface area (Å²) in [5, 5.41) is 0. The third-order valence-corrected chi connectivity index (χ3v) is 8.17. The number of hydrogen-bond acceptors (Lipinski definition) is 2. The molecule has 21 heavy (non-hydrogen) atoms. The molecule has 0 fully saturated rings. The van der Waals surface area contributed by atoms with Gasteiger partial charge in [0.15, 0.2) is 0 Å². The topological polar surface area (TPSA) is 37.4 Å². The van der Waals surface area contributed by atoms with Gasteiger partial charge in [-0.1, -0.05) is 0 Å². The Morgan fingerprint density at radius 2 is 1.81 bits per heavy atom. The van der Waals surface area contributed by atoms with Crippen molar-refractivity contribution in [3.05, 3.63) is 64.3 Å². The van der Waals surface area contributed by atoms with Gasteiger partial charge < -0.3 is 0 Å². The van der Waals surface area contributed by atoms with Crippen molar-refractivity contribution < 1.29 is 8.42 Å². The summed E-state index contributed by atoms with van der Waals surface area (Å²) < 4.78 is 28.4. The van der Waals surface area contributed by atoms with Crippen molar-refractivity contribution in [2.45, 2.75) is 11.8 Å². The molecule has 2 aromatic rings. The Hall–Kier alpha value is -1.55. The zero-order valence-corrected chi connectivity index (χ0v) is 14.3. The van der Waals surface area contributed by atoms with Crippen LogP contribution in [0.4, 0.5) is 0 Å². The first kappa shape index (κ1) is 14.4. The summed E-state index contributed by atoms with van der Waals surface area (Å²) in [7, 11) is -1.79. The Bertz CT molecular complexity index is 813. The molecule has 2 aromatic carbocycles. The predicted molar refractivity (Wildman–Crippen MR) is 85.9 cm³/mol. The average molecular weight is 364 g/mol. The van der Waals surface area contributed by atoms with Gasteiger partial charge in [0, 0.05) is 0 Å². The molecule has 0 unspecified atom stereocenters. The molecule has 0 amide bonds. The van der Waals surface area contributed by atoms with Crippen LogP contribution < -0.4 is 4.46 Å². The Morgan fingerprint density at radius 1 is 1.10 bits per heavy atom. The van der Waals surface area contributed by atoms with Crippen LogP contribution in [0, 0.1) is 6.92 Å². The molecule has 1 heterocycles. The molecule has 3 nitrogen and oxygen atoms in total. The van der Waals surface area contributed by atoms with E-state index in [1.807, 2.05) is 55.5 Å². The third kappa shape index (κ3) is 2.64. The first-order valence-corrected chi connectivity index (χ1v) is 9.68. The number of rotatable bonds is 1. The molecule has 0 aromatic heterocycles. The van der Waals surface area contributed by atoms with Crippen molar-refractivity contribution in [1.29, 1.82) is 0 Å². The molecular formula is C16H15NO2SSe. The maximum atomic E-state index is 12.6. The van der Waals surface area contributed by atoms with E-state index in [1.165, 1.54) is 4.31 Å². The van der Waals surface area contributed by atoms with Crippen molar-refractivity contribution in [3.8, 4) is 0 Å². The normalized spacial score (nSPS) is 18.6. The van der Waals surface area contributed by atoms with Crippen LogP contribution in [0.3, 0.4) is 0 Å². The second-order valence-electron chi connectivity index (χ2n) is 4.92. The van der Waals surface area contributed by atoms with Crippen LogP contribution >= 0.6 is 0 Å². The third-order valence-electron chi connectivity index (χ3n) is 3.35. The second-order valence-corrected chi connectivity index (χ2v) is 9.08. The van der Waals surface area contributed by atoms with Crippen LogP contribution in [0.15, 0.2) is 58.0 Å². The number of aryl methyl sites for hydroxylation is 1. The number of sulfonamides is 1. The number of hydrogen-bond donors (Lipinski definition) is 0. The van der Waals surface area contributed by atoms with Crippen molar-refractivity contribution in [1.82, 2.24) is 4.31 Å². The first-order valence-electron chi connectivity index (χ1n) is 6.53. The van der Waals surface area contributed by atoms with Gasteiger partial charge in [-0.3, -0.25) is 0 Å². The zero-order valence-electron chi connectivity index (χ0n) is 11.8. The van der Waals surface area contributed by atoms with E-state index >= 15 is 0 Å². The monoisotopic (exact) mass is 365 g/mol. The van der Waals surface area contributed by atoms with E-state index in [0.717, 1.165) is 20.2 Å². The summed E-state index contributed by atoms with van der Waals surface area (Å²) in [4.78, 5) is 0.445. The van der Waals surface area contributed by atoms with Gasteiger partial charge in [0.25, 0.3) is 0 Å². The van der Waals surface area contributed by atoms with E-state index in [1.54, 1.807) is 13.1 Å². The molecular weight excluding hydrogens is 349 g/mol. The minimum absolute atomic E-state index is 0.0166. The average Bonchev–Trinajstić information content (AvgIpc) is 2.45. The molecule has 0 spiro atoms. The number of fused-ring (bicyclic) bond motifs is 1. The standard InChI is InChI=1S/C16H15NO2SSe/c1-12-8-9-14-15(10-12)21-16(17(2)20(14,18)19)11-13-6-4-3-5-7-13/h3-11H,1-2H3/b16-11-. The van der Waals surface area contributed by atoms with E-state index in [4.69, 9.17) is 0 Å². The van der Waals surface area contributed by atoms with Gasteiger partial charge in [-0.15, -0.1) is 0 Å². The van der Waals surface area contributed by atoms with Crippen molar-refractivity contribution in [3.63, 3.8) is 0 Å². The van der Waals surface area contributed by atoms with Gasteiger partial charge in [0.2, 0.25) is 0 Å². The summed E-state index contributed by atoms with van der Waals surface area (Å²) >= 11 is -0.0166. The molecule has 0 saturated carbocycles. The Kier molecular flexibility index (Phi) is 3.66. The molecule has 1 aliphatic heterocycles. The van der Waals surface area contributed by atoms with Crippen molar-refractivity contribution >= 4 is 35.5 Å². The van der Waals surface area contributed by atoms with Crippen LogP contribution in [0.5, 0.6) is 0 Å². The van der Waals surface area contributed by atoms with Crippen LogP contribution in [0.2, 0.25) is 0 Å². The van der Waals surface area contributed by atoms with E-state index in [2.05, 4.69) is 0 Å². The Labute approximate surface area is 131 Å². The fraction of sp³-hybridized carbons (Fsp3) is 0.125. The minimum atomic E-state index is -3.43. The van der Waals surface area contributed by atoms with Crippen molar-refractivity contribution in [2.24, 2.45) is 0 Å². The fourth-order valence-corrected chi connectivity index (χ4v) is 7.01. The maximum absolute atomic E-state index is 12.6. The first-order chi connectivity index (χ1) is 9.98. The number of benzene rings is 2. The van der Waals surface area contributed by atoms with Gasteiger partial charge in [0.05, 0.1) is 0 Å². The van der Waals surface area contributed by atoms with Crippen LogP contribution in [0.25, 0.3) is 6.08 Å².